The smallest absolute Gasteiger partial charge is 0.0219 e. The van der Waals surface area contributed by atoms with Gasteiger partial charge in [-0.2, -0.15) is 0 Å². The van der Waals surface area contributed by atoms with Crippen molar-refractivity contribution in [1.82, 2.24) is 5.32 Å². The van der Waals surface area contributed by atoms with Crippen LogP contribution >= 0.6 is 0 Å². The second-order valence-corrected chi connectivity index (χ2v) is 1.97. The second-order valence-electron chi connectivity index (χ2n) is 1.97. The molecule has 1 aliphatic rings. The molecular weight excluding hydrogens is 74.1 g/mol. The summed E-state index contributed by atoms with van der Waals surface area (Å²) < 4.78 is 0. The predicted octanol–water partition coefficient (Wildman–Crippen LogP) is 0.757. The van der Waals surface area contributed by atoms with Crippen molar-refractivity contribution in [3.8, 4) is 0 Å². The van der Waals surface area contributed by atoms with Gasteiger partial charge in [0, 0.05) is 12.1 Å². The van der Waals surface area contributed by atoms with Gasteiger partial charge >= 0.3 is 0 Å². The van der Waals surface area contributed by atoms with Crippen LogP contribution in [0, 0.1) is 0 Å². The largest absolute Gasteiger partial charge is 0.308 e. The van der Waals surface area contributed by atoms with Crippen LogP contribution in [0.5, 0.6) is 0 Å². The van der Waals surface area contributed by atoms with Crippen molar-refractivity contribution in [3.05, 3.63) is 0 Å². The zero-order chi connectivity index (χ0) is 4.57. The Labute approximate surface area is 38.7 Å². The van der Waals surface area contributed by atoms with Crippen LogP contribution in [0.2, 0.25) is 0 Å². The van der Waals surface area contributed by atoms with Crippen LogP contribution in [0.4, 0.5) is 0 Å². The Morgan fingerprint density at radius 1 is 1.67 bits per heavy atom. The van der Waals surface area contributed by atoms with Crippen molar-refractivity contribution in [2.75, 3.05) is 0 Å². The molecule has 1 saturated heterocycles. The zero-order valence-corrected chi connectivity index (χ0v) is 4.36. The number of hydrogen-bond acceptors (Lipinski definition) is 1. The van der Waals surface area contributed by atoms with Crippen LogP contribution in [-0.4, -0.2) is 12.1 Å². The molecule has 0 aromatic rings. The number of hydrogen-bond donors (Lipinski definition) is 1. The number of nitrogens with one attached hydrogen (secondary N) is 1. The molecule has 0 radical (unpaired) electrons. The van der Waals surface area contributed by atoms with Gasteiger partial charge in [-0.15, -0.1) is 0 Å². The van der Waals surface area contributed by atoms with Gasteiger partial charge in [-0.25, -0.2) is 0 Å². The molecule has 6 heavy (non-hydrogen) atoms. The van der Waals surface area contributed by atoms with Gasteiger partial charge in [-0.1, -0.05) is 6.92 Å². The standard InChI is InChI=1S/C5H11N/c1-3-5-4(2)6-5/h4-6H,3H2,1-2H3/t4?,5-/m1/s1. The molecule has 0 bridgehead atoms. The highest BCUT2D eigenvalue weighted by Crippen LogP contribution is 2.11. The van der Waals surface area contributed by atoms with Gasteiger partial charge in [0.15, 0.2) is 0 Å². The van der Waals surface area contributed by atoms with Crippen LogP contribution < -0.4 is 5.32 Å². The first-order chi connectivity index (χ1) is 2.84. The topological polar surface area (TPSA) is 21.9 Å². The Balaban J connectivity index is 2.09. The Morgan fingerprint density at radius 3 is 2.17 bits per heavy atom. The maximum atomic E-state index is 3.28. The molecule has 1 heterocycles. The Hall–Kier alpha value is -0.0400. The quantitative estimate of drug-likeness (QED) is 0.466. The van der Waals surface area contributed by atoms with Gasteiger partial charge in [-0.3, -0.25) is 0 Å². The molecule has 0 spiro atoms. The lowest BCUT2D eigenvalue weighted by Gasteiger charge is -1.75. The molecule has 1 N–H and O–H groups in total. The molecule has 0 aliphatic carbocycles. The molecule has 1 nitrogen and oxygen atoms in total. The molecule has 0 aromatic heterocycles. The molecule has 2 atom stereocenters. The molecule has 1 unspecified atom stereocenters. The molecule has 0 amide bonds. The molecule has 1 aliphatic heterocycles. The summed E-state index contributed by atoms with van der Waals surface area (Å²) in [7, 11) is 0. The monoisotopic (exact) mass is 85.1 g/mol. The van der Waals surface area contributed by atoms with Crippen LogP contribution in [0.15, 0.2) is 0 Å². The summed E-state index contributed by atoms with van der Waals surface area (Å²) in [5.41, 5.74) is 0. The van der Waals surface area contributed by atoms with Gasteiger partial charge in [-0.05, 0) is 13.3 Å². The third-order valence-electron chi connectivity index (χ3n) is 1.41. The highest BCUT2D eigenvalue weighted by atomic mass is 15.1. The van der Waals surface area contributed by atoms with E-state index in [0.29, 0.717) is 0 Å². The zero-order valence-electron chi connectivity index (χ0n) is 4.36. The molecule has 0 saturated carbocycles. The van der Waals surface area contributed by atoms with E-state index in [1.54, 1.807) is 0 Å². The van der Waals surface area contributed by atoms with E-state index >= 15 is 0 Å². The minimum Gasteiger partial charge on any atom is -0.308 e. The van der Waals surface area contributed by atoms with Crippen LogP contribution in [0.3, 0.4) is 0 Å². The van der Waals surface area contributed by atoms with E-state index < -0.39 is 0 Å². The summed E-state index contributed by atoms with van der Waals surface area (Å²) in [6.45, 7) is 4.43. The fraction of sp³-hybridized carbons (Fsp3) is 1.00. The summed E-state index contributed by atoms with van der Waals surface area (Å²) in [6, 6.07) is 1.67. The predicted molar refractivity (Wildman–Crippen MR) is 26.7 cm³/mol. The summed E-state index contributed by atoms with van der Waals surface area (Å²) in [4.78, 5) is 0. The molecule has 1 rings (SSSR count). The van der Waals surface area contributed by atoms with Crippen LogP contribution in [0.25, 0.3) is 0 Å². The normalized spacial score (nSPS) is 43.0. The minimum atomic E-state index is 0.815. The molecule has 1 heteroatoms. The van der Waals surface area contributed by atoms with Crippen molar-refractivity contribution in [3.63, 3.8) is 0 Å². The Morgan fingerprint density at radius 2 is 2.17 bits per heavy atom. The van der Waals surface area contributed by atoms with Gasteiger partial charge in [0.2, 0.25) is 0 Å². The van der Waals surface area contributed by atoms with E-state index in [2.05, 4.69) is 19.2 Å². The van der Waals surface area contributed by atoms with Crippen molar-refractivity contribution < 1.29 is 0 Å². The first kappa shape index (κ1) is 4.13. The Bertz CT molecular complexity index is 49.9. The van der Waals surface area contributed by atoms with Gasteiger partial charge in [0.25, 0.3) is 0 Å². The second kappa shape index (κ2) is 1.23. The van der Waals surface area contributed by atoms with E-state index in [1.165, 1.54) is 6.42 Å². The summed E-state index contributed by atoms with van der Waals surface area (Å²) in [5.74, 6) is 0. The van der Waals surface area contributed by atoms with Crippen molar-refractivity contribution in [2.45, 2.75) is 32.4 Å². The average molecular weight is 85.1 g/mol. The fourth-order valence-corrected chi connectivity index (χ4v) is 0.754. The first-order valence-electron chi connectivity index (χ1n) is 2.60. The molecular formula is C5H11N. The Kier molecular flexibility index (Phi) is 0.845. The number of rotatable bonds is 1. The van der Waals surface area contributed by atoms with Crippen LogP contribution in [-0.2, 0) is 0 Å². The lowest BCUT2D eigenvalue weighted by atomic mass is 10.3. The van der Waals surface area contributed by atoms with Crippen molar-refractivity contribution in [1.29, 1.82) is 0 Å². The summed E-state index contributed by atoms with van der Waals surface area (Å²) in [5, 5.41) is 3.28. The lowest BCUT2D eigenvalue weighted by molar-refractivity contribution is 0.871. The summed E-state index contributed by atoms with van der Waals surface area (Å²) in [6.07, 6.45) is 1.29. The van der Waals surface area contributed by atoms with Crippen molar-refractivity contribution >= 4 is 0 Å². The van der Waals surface area contributed by atoms with E-state index in [1.807, 2.05) is 0 Å². The maximum Gasteiger partial charge on any atom is 0.0219 e. The molecule has 0 aromatic carbocycles. The van der Waals surface area contributed by atoms with Gasteiger partial charge in [0.05, 0.1) is 0 Å². The van der Waals surface area contributed by atoms with E-state index in [-0.39, 0.29) is 0 Å². The average Bonchev–Trinajstić information content (AvgIpc) is 2.19. The van der Waals surface area contributed by atoms with E-state index in [9.17, 15) is 0 Å². The molecule has 36 valence electrons. The van der Waals surface area contributed by atoms with E-state index in [4.69, 9.17) is 0 Å². The third kappa shape index (κ3) is 0.548. The molecule has 1 fully saturated rings. The van der Waals surface area contributed by atoms with Gasteiger partial charge in [0.1, 0.15) is 0 Å². The van der Waals surface area contributed by atoms with Crippen LogP contribution in [0.1, 0.15) is 20.3 Å². The minimum absolute atomic E-state index is 0.815. The fourth-order valence-electron chi connectivity index (χ4n) is 0.754. The highest BCUT2D eigenvalue weighted by molar-refractivity contribution is 4.92. The van der Waals surface area contributed by atoms with Gasteiger partial charge < -0.3 is 5.32 Å². The summed E-state index contributed by atoms with van der Waals surface area (Å²) >= 11 is 0. The highest BCUT2D eigenvalue weighted by Gasteiger charge is 2.28. The van der Waals surface area contributed by atoms with E-state index in [0.717, 1.165) is 12.1 Å². The first-order valence-corrected chi connectivity index (χ1v) is 2.60. The maximum absolute atomic E-state index is 3.28. The SMILES string of the molecule is CC[C@H]1NC1C. The lowest BCUT2D eigenvalue weighted by Crippen LogP contribution is -1.83. The van der Waals surface area contributed by atoms with Crippen molar-refractivity contribution in [2.24, 2.45) is 0 Å². The third-order valence-corrected chi connectivity index (χ3v) is 1.41.